The number of aromatic nitrogens is 2. The number of rotatable bonds is 8. The predicted molar refractivity (Wildman–Crippen MR) is 105 cm³/mol. The van der Waals surface area contributed by atoms with Gasteiger partial charge in [0.25, 0.3) is 5.91 Å². The van der Waals surface area contributed by atoms with Gasteiger partial charge < -0.3 is 18.9 Å². The van der Waals surface area contributed by atoms with Gasteiger partial charge in [0, 0.05) is 18.7 Å². The Morgan fingerprint density at radius 1 is 1.21 bits per heavy atom. The maximum absolute atomic E-state index is 13.1. The Morgan fingerprint density at radius 3 is 2.64 bits per heavy atom. The minimum absolute atomic E-state index is 0.00988. The fraction of sp³-hybridized carbons (Fsp3) is 0.571. The van der Waals surface area contributed by atoms with Crippen molar-refractivity contribution < 1.29 is 18.8 Å². The van der Waals surface area contributed by atoms with E-state index in [1.165, 1.54) is 0 Å². The van der Waals surface area contributed by atoms with Crippen molar-refractivity contribution >= 4 is 5.91 Å². The van der Waals surface area contributed by atoms with Crippen LogP contribution in [0.2, 0.25) is 0 Å². The van der Waals surface area contributed by atoms with Crippen LogP contribution >= 0.6 is 0 Å². The van der Waals surface area contributed by atoms with E-state index in [1.807, 2.05) is 17.0 Å². The molecule has 1 fully saturated rings. The summed E-state index contributed by atoms with van der Waals surface area (Å²) < 4.78 is 16.9. The summed E-state index contributed by atoms with van der Waals surface area (Å²) >= 11 is 0. The van der Waals surface area contributed by atoms with Gasteiger partial charge in [-0.25, -0.2) is 0 Å². The number of benzene rings is 1. The van der Waals surface area contributed by atoms with Crippen LogP contribution in [0, 0.1) is 6.92 Å². The van der Waals surface area contributed by atoms with Crippen molar-refractivity contribution in [2.24, 2.45) is 0 Å². The minimum Gasteiger partial charge on any atom is -0.490 e. The fourth-order valence-corrected chi connectivity index (χ4v) is 3.32. The van der Waals surface area contributed by atoms with Crippen molar-refractivity contribution in [1.29, 1.82) is 0 Å². The van der Waals surface area contributed by atoms with E-state index >= 15 is 0 Å². The highest BCUT2D eigenvalue weighted by molar-refractivity contribution is 5.95. The Labute approximate surface area is 166 Å². The summed E-state index contributed by atoms with van der Waals surface area (Å²) in [5.41, 5.74) is 0.609. The highest BCUT2D eigenvalue weighted by atomic mass is 16.5. The lowest BCUT2D eigenvalue weighted by Crippen LogP contribution is -2.39. The maximum Gasteiger partial charge on any atom is 0.254 e. The first kappa shape index (κ1) is 20.2. The Morgan fingerprint density at radius 2 is 1.96 bits per heavy atom. The van der Waals surface area contributed by atoms with Crippen molar-refractivity contribution in [2.45, 2.75) is 52.4 Å². The second-order valence-corrected chi connectivity index (χ2v) is 7.13. The minimum atomic E-state index is -0.00988. The molecule has 0 N–H and O–H groups in total. The van der Waals surface area contributed by atoms with Crippen LogP contribution in [-0.2, 0) is 0 Å². The molecule has 0 aliphatic carbocycles. The second kappa shape index (κ2) is 9.57. The van der Waals surface area contributed by atoms with E-state index in [4.69, 9.17) is 14.0 Å². The number of piperidine rings is 1. The highest BCUT2D eigenvalue weighted by Crippen LogP contribution is 2.31. The molecular formula is C21H29N3O4. The van der Waals surface area contributed by atoms with Gasteiger partial charge in [-0.05, 0) is 50.8 Å². The fourth-order valence-electron chi connectivity index (χ4n) is 3.32. The molecule has 0 radical (unpaired) electrons. The molecule has 1 amide bonds. The van der Waals surface area contributed by atoms with Crippen molar-refractivity contribution in [3.05, 3.63) is 35.5 Å². The van der Waals surface area contributed by atoms with Gasteiger partial charge in [0.2, 0.25) is 5.89 Å². The third kappa shape index (κ3) is 4.82. The van der Waals surface area contributed by atoms with Crippen LogP contribution in [0.5, 0.6) is 11.5 Å². The van der Waals surface area contributed by atoms with E-state index in [9.17, 15) is 4.79 Å². The first-order chi connectivity index (χ1) is 13.6. The molecule has 1 saturated heterocycles. The summed E-state index contributed by atoms with van der Waals surface area (Å²) in [5.74, 6) is 2.63. The van der Waals surface area contributed by atoms with Gasteiger partial charge in [0.1, 0.15) is 0 Å². The standard InChI is InChI=1S/C21H29N3O4/c1-4-11-26-18-9-8-16(13-19(18)27-12-5-2)21(25)24-10-6-7-17(14-24)20-22-15(3)23-28-20/h8-9,13,17H,4-7,10-12,14H2,1-3H3. The summed E-state index contributed by atoms with van der Waals surface area (Å²) in [5, 5.41) is 3.87. The molecule has 1 aliphatic rings. The summed E-state index contributed by atoms with van der Waals surface area (Å²) in [4.78, 5) is 19.3. The van der Waals surface area contributed by atoms with Crippen LogP contribution in [0.1, 0.15) is 67.5 Å². The number of carbonyl (C=O) groups excluding carboxylic acids is 1. The maximum atomic E-state index is 13.1. The molecule has 28 heavy (non-hydrogen) atoms. The molecule has 1 aromatic heterocycles. The van der Waals surface area contributed by atoms with Gasteiger partial charge in [-0.1, -0.05) is 19.0 Å². The lowest BCUT2D eigenvalue weighted by molar-refractivity contribution is 0.0695. The monoisotopic (exact) mass is 387 g/mol. The van der Waals surface area contributed by atoms with E-state index in [0.29, 0.717) is 48.5 Å². The quantitative estimate of drug-likeness (QED) is 0.682. The average molecular weight is 387 g/mol. The summed E-state index contributed by atoms with van der Waals surface area (Å²) in [6, 6.07) is 5.44. The van der Waals surface area contributed by atoms with Crippen LogP contribution in [0.3, 0.4) is 0 Å². The zero-order valence-electron chi connectivity index (χ0n) is 16.9. The molecule has 152 valence electrons. The molecule has 1 unspecified atom stereocenters. The third-order valence-corrected chi connectivity index (χ3v) is 4.72. The number of aryl methyl sites for hydroxylation is 1. The van der Waals surface area contributed by atoms with Crippen molar-refractivity contribution in [3.8, 4) is 11.5 Å². The lowest BCUT2D eigenvalue weighted by Gasteiger charge is -2.31. The molecule has 3 rings (SSSR count). The number of nitrogens with zero attached hydrogens (tertiary/aromatic N) is 3. The molecule has 2 heterocycles. The summed E-state index contributed by atoms with van der Waals surface area (Å²) in [6.07, 6.45) is 3.66. The van der Waals surface area contributed by atoms with E-state index in [1.54, 1.807) is 13.0 Å². The van der Waals surface area contributed by atoms with Gasteiger partial charge in [0.05, 0.1) is 19.1 Å². The van der Waals surface area contributed by atoms with Gasteiger partial charge in [0.15, 0.2) is 17.3 Å². The molecule has 2 aromatic rings. The molecule has 0 saturated carbocycles. The molecule has 1 aliphatic heterocycles. The third-order valence-electron chi connectivity index (χ3n) is 4.72. The zero-order chi connectivity index (χ0) is 19.9. The number of ether oxygens (including phenoxy) is 2. The molecule has 1 aromatic carbocycles. The predicted octanol–water partition coefficient (Wildman–Crippen LogP) is 3.98. The normalized spacial score (nSPS) is 16.8. The summed E-state index contributed by atoms with van der Waals surface area (Å²) in [6.45, 7) is 8.42. The van der Waals surface area contributed by atoms with Crippen LogP contribution in [-0.4, -0.2) is 47.3 Å². The highest BCUT2D eigenvalue weighted by Gasteiger charge is 2.29. The van der Waals surface area contributed by atoms with Gasteiger partial charge >= 0.3 is 0 Å². The first-order valence-electron chi connectivity index (χ1n) is 10.1. The number of hydrogen-bond donors (Lipinski definition) is 0. The molecule has 7 heteroatoms. The van der Waals surface area contributed by atoms with Crippen LogP contribution in [0.25, 0.3) is 0 Å². The van der Waals surface area contributed by atoms with E-state index in [-0.39, 0.29) is 11.8 Å². The van der Waals surface area contributed by atoms with Crippen LogP contribution in [0.4, 0.5) is 0 Å². The molecular weight excluding hydrogens is 358 g/mol. The van der Waals surface area contributed by atoms with E-state index in [2.05, 4.69) is 24.0 Å². The molecule has 1 atom stereocenters. The number of carbonyl (C=O) groups is 1. The Kier molecular flexibility index (Phi) is 6.90. The Balaban J connectivity index is 1.74. The SMILES string of the molecule is CCCOc1ccc(C(=O)N2CCCC(c3nc(C)no3)C2)cc1OCCC. The Bertz CT molecular complexity index is 790. The topological polar surface area (TPSA) is 77.7 Å². The average Bonchev–Trinajstić information content (AvgIpc) is 3.17. The number of amides is 1. The largest absolute Gasteiger partial charge is 0.490 e. The number of likely N-dealkylation sites (tertiary alicyclic amines) is 1. The van der Waals surface area contributed by atoms with E-state index < -0.39 is 0 Å². The van der Waals surface area contributed by atoms with Crippen molar-refractivity contribution in [2.75, 3.05) is 26.3 Å². The van der Waals surface area contributed by atoms with Crippen molar-refractivity contribution in [1.82, 2.24) is 15.0 Å². The van der Waals surface area contributed by atoms with Gasteiger partial charge in [-0.15, -0.1) is 0 Å². The van der Waals surface area contributed by atoms with Gasteiger partial charge in [-0.2, -0.15) is 4.98 Å². The summed E-state index contributed by atoms with van der Waals surface area (Å²) in [7, 11) is 0. The van der Waals surface area contributed by atoms with Crippen LogP contribution < -0.4 is 9.47 Å². The molecule has 0 bridgehead atoms. The Hall–Kier alpha value is -2.57. The van der Waals surface area contributed by atoms with Crippen LogP contribution in [0.15, 0.2) is 22.7 Å². The molecule has 0 spiro atoms. The molecule has 7 nitrogen and oxygen atoms in total. The van der Waals surface area contributed by atoms with Gasteiger partial charge in [-0.3, -0.25) is 4.79 Å². The number of hydrogen-bond acceptors (Lipinski definition) is 6. The van der Waals surface area contributed by atoms with E-state index in [0.717, 1.165) is 32.2 Å². The zero-order valence-corrected chi connectivity index (χ0v) is 16.9. The van der Waals surface area contributed by atoms with Crippen molar-refractivity contribution in [3.63, 3.8) is 0 Å². The first-order valence-corrected chi connectivity index (χ1v) is 10.1. The lowest BCUT2D eigenvalue weighted by atomic mass is 9.97. The second-order valence-electron chi connectivity index (χ2n) is 7.13. The smallest absolute Gasteiger partial charge is 0.254 e.